The van der Waals surface area contributed by atoms with Crippen LogP contribution in [0.5, 0.6) is 5.88 Å². The van der Waals surface area contributed by atoms with Crippen LogP contribution in [0.25, 0.3) is 0 Å². The molecule has 0 N–H and O–H groups in total. The van der Waals surface area contributed by atoms with Crippen LogP contribution in [0.1, 0.15) is 45.7 Å². The minimum Gasteiger partial charge on any atom is -0.471 e. The third-order valence-corrected chi connectivity index (χ3v) is 3.47. The van der Waals surface area contributed by atoms with Crippen molar-refractivity contribution < 1.29 is 9.53 Å². The van der Waals surface area contributed by atoms with Crippen molar-refractivity contribution in [3.8, 4) is 5.88 Å². The zero-order valence-electron chi connectivity index (χ0n) is 13.4. The number of nitrogens with zero attached hydrogens (tertiary/aromatic N) is 3. The van der Waals surface area contributed by atoms with Crippen molar-refractivity contribution in [2.45, 2.75) is 53.1 Å². The fourth-order valence-electron chi connectivity index (χ4n) is 2.45. The van der Waals surface area contributed by atoms with Crippen LogP contribution in [0.2, 0.25) is 0 Å². The Kier molecular flexibility index (Phi) is 4.80. The lowest BCUT2D eigenvalue weighted by molar-refractivity contribution is -0.135. The molecule has 0 aliphatic carbocycles. The normalized spacial score (nSPS) is 19.4. The van der Waals surface area contributed by atoms with Crippen molar-refractivity contribution in [3.05, 3.63) is 17.8 Å². The molecule has 0 saturated carbocycles. The summed E-state index contributed by atoms with van der Waals surface area (Å²) in [6, 6.07) is 3.71. The highest BCUT2D eigenvalue weighted by Crippen LogP contribution is 2.22. The Hall–Kier alpha value is -1.65. The first-order valence-electron chi connectivity index (χ1n) is 7.58. The molecule has 1 aromatic rings. The van der Waals surface area contributed by atoms with E-state index in [9.17, 15) is 4.79 Å². The van der Waals surface area contributed by atoms with Gasteiger partial charge in [0.05, 0.1) is 12.2 Å². The van der Waals surface area contributed by atoms with Gasteiger partial charge in [-0.15, -0.1) is 5.10 Å². The molecule has 1 saturated heterocycles. The van der Waals surface area contributed by atoms with Gasteiger partial charge in [0.15, 0.2) is 0 Å². The van der Waals surface area contributed by atoms with Gasteiger partial charge in [0.2, 0.25) is 11.8 Å². The molecule has 1 aliphatic heterocycles. The van der Waals surface area contributed by atoms with Crippen molar-refractivity contribution in [1.82, 2.24) is 15.1 Å². The molecule has 1 fully saturated rings. The molecular weight excluding hydrogens is 266 g/mol. The number of rotatable bonds is 3. The number of carbonyl (C=O) groups is 1. The number of hydrogen-bond donors (Lipinski definition) is 0. The maximum atomic E-state index is 12.3. The van der Waals surface area contributed by atoms with Crippen LogP contribution in [0.3, 0.4) is 0 Å². The summed E-state index contributed by atoms with van der Waals surface area (Å²) in [6.07, 6.45) is 2.51. The first-order valence-corrected chi connectivity index (χ1v) is 7.58. The van der Waals surface area contributed by atoms with Gasteiger partial charge in [-0.25, -0.2) is 0 Å². The maximum Gasteiger partial charge on any atom is 0.233 e. The van der Waals surface area contributed by atoms with Gasteiger partial charge in [0, 0.05) is 19.0 Å². The first kappa shape index (κ1) is 15.7. The van der Waals surface area contributed by atoms with E-state index in [2.05, 4.69) is 31.0 Å². The van der Waals surface area contributed by atoms with Crippen LogP contribution in [-0.4, -0.2) is 40.2 Å². The Morgan fingerprint density at radius 1 is 1.38 bits per heavy atom. The second kappa shape index (κ2) is 6.41. The van der Waals surface area contributed by atoms with E-state index in [1.165, 1.54) is 0 Å². The van der Waals surface area contributed by atoms with Crippen LogP contribution >= 0.6 is 0 Å². The monoisotopic (exact) mass is 291 g/mol. The highest BCUT2D eigenvalue weighted by Gasteiger charge is 2.27. The number of piperidine rings is 1. The molecule has 0 radical (unpaired) electrons. The minimum absolute atomic E-state index is 0.0136. The SMILES string of the molecule is Cc1ccc(OC2CCCN(C(=O)CC(C)(C)C)C2)nn1. The van der Waals surface area contributed by atoms with Gasteiger partial charge in [0.25, 0.3) is 0 Å². The molecule has 1 amide bonds. The topological polar surface area (TPSA) is 55.3 Å². The second-order valence-corrected chi connectivity index (χ2v) is 6.97. The Morgan fingerprint density at radius 3 is 2.76 bits per heavy atom. The molecule has 5 nitrogen and oxygen atoms in total. The third kappa shape index (κ3) is 4.99. The van der Waals surface area contributed by atoms with Crippen LogP contribution in [-0.2, 0) is 4.79 Å². The average Bonchev–Trinajstić information content (AvgIpc) is 2.40. The van der Waals surface area contributed by atoms with Crippen molar-refractivity contribution in [1.29, 1.82) is 0 Å². The number of amides is 1. The Bertz CT molecular complexity index is 479. The highest BCUT2D eigenvalue weighted by molar-refractivity contribution is 5.76. The van der Waals surface area contributed by atoms with Gasteiger partial charge in [0.1, 0.15) is 6.10 Å². The van der Waals surface area contributed by atoms with E-state index in [1.54, 1.807) is 0 Å². The van der Waals surface area contributed by atoms with Crippen molar-refractivity contribution in [2.75, 3.05) is 13.1 Å². The number of hydrogen-bond acceptors (Lipinski definition) is 4. The largest absolute Gasteiger partial charge is 0.471 e. The van der Waals surface area contributed by atoms with Crippen LogP contribution < -0.4 is 4.74 Å². The summed E-state index contributed by atoms with van der Waals surface area (Å²) in [7, 11) is 0. The van der Waals surface area contributed by atoms with Gasteiger partial charge in [-0.05, 0) is 31.2 Å². The summed E-state index contributed by atoms with van der Waals surface area (Å²) in [5.74, 6) is 0.751. The van der Waals surface area contributed by atoms with Crippen LogP contribution in [0.4, 0.5) is 0 Å². The van der Waals surface area contributed by atoms with Crippen molar-refractivity contribution >= 4 is 5.91 Å². The van der Waals surface area contributed by atoms with Gasteiger partial charge in [-0.2, -0.15) is 5.10 Å². The van der Waals surface area contributed by atoms with Gasteiger partial charge in [-0.3, -0.25) is 4.79 Å². The molecule has 1 aromatic heterocycles. The molecule has 1 atom stereocenters. The number of carbonyl (C=O) groups excluding carboxylic acids is 1. The molecule has 1 unspecified atom stereocenters. The molecule has 0 aromatic carbocycles. The molecule has 5 heteroatoms. The predicted octanol–water partition coefficient (Wildman–Crippen LogP) is 2.59. The van der Waals surface area contributed by atoms with E-state index < -0.39 is 0 Å². The van der Waals surface area contributed by atoms with Crippen molar-refractivity contribution in [3.63, 3.8) is 0 Å². The fraction of sp³-hybridized carbons (Fsp3) is 0.688. The quantitative estimate of drug-likeness (QED) is 0.859. The summed E-state index contributed by atoms with van der Waals surface area (Å²) < 4.78 is 5.85. The zero-order chi connectivity index (χ0) is 15.5. The van der Waals surface area contributed by atoms with Crippen LogP contribution in [0, 0.1) is 12.3 Å². The molecule has 0 bridgehead atoms. The van der Waals surface area contributed by atoms with E-state index in [4.69, 9.17) is 4.74 Å². The third-order valence-electron chi connectivity index (χ3n) is 3.47. The Balaban J connectivity index is 1.91. The molecule has 0 spiro atoms. The summed E-state index contributed by atoms with van der Waals surface area (Å²) in [5, 5.41) is 8.02. The van der Waals surface area contributed by atoms with Crippen molar-refractivity contribution in [2.24, 2.45) is 5.41 Å². The zero-order valence-corrected chi connectivity index (χ0v) is 13.4. The number of likely N-dealkylation sites (tertiary alicyclic amines) is 1. The first-order chi connectivity index (χ1) is 9.83. The smallest absolute Gasteiger partial charge is 0.233 e. The molecule has 1 aliphatic rings. The van der Waals surface area contributed by atoms with E-state index >= 15 is 0 Å². The second-order valence-electron chi connectivity index (χ2n) is 6.97. The van der Waals surface area contributed by atoms with E-state index in [1.807, 2.05) is 24.0 Å². The number of ether oxygens (including phenoxy) is 1. The molecule has 2 rings (SSSR count). The Morgan fingerprint density at radius 2 is 2.14 bits per heavy atom. The van der Waals surface area contributed by atoms with E-state index in [-0.39, 0.29) is 17.4 Å². The Labute approximate surface area is 126 Å². The minimum atomic E-state index is 0.0136. The number of aryl methyl sites for hydroxylation is 1. The lowest BCUT2D eigenvalue weighted by atomic mass is 9.91. The van der Waals surface area contributed by atoms with Gasteiger partial charge >= 0.3 is 0 Å². The highest BCUT2D eigenvalue weighted by atomic mass is 16.5. The fourth-order valence-corrected chi connectivity index (χ4v) is 2.45. The molecule has 116 valence electrons. The summed E-state index contributed by atoms with van der Waals surface area (Å²) in [6.45, 7) is 9.63. The summed E-state index contributed by atoms with van der Waals surface area (Å²) in [4.78, 5) is 14.2. The van der Waals surface area contributed by atoms with E-state index in [0.717, 1.165) is 25.1 Å². The van der Waals surface area contributed by atoms with Gasteiger partial charge in [-0.1, -0.05) is 20.8 Å². The molecule has 21 heavy (non-hydrogen) atoms. The molecular formula is C16H25N3O2. The van der Waals surface area contributed by atoms with E-state index in [0.29, 0.717) is 18.8 Å². The standard InChI is InChI=1S/C16H25N3O2/c1-12-7-8-14(18-17-12)21-13-6-5-9-19(11-13)15(20)10-16(2,3)4/h7-8,13H,5-6,9-11H2,1-4H3. The maximum absolute atomic E-state index is 12.3. The predicted molar refractivity (Wildman–Crippen MR) is 81.1 cm³/mol. The lowest BCUT2D eigenvalue weighted by Crippen LogP contribution is -2.45. The lowest BCUT2D eigenvalue weighted by Gasteiger charge is -2.34. The average molecular weight is 291 g/mol. The molecule has 2 heterocycles. The van der Waals surface area contributed by atoms with Crippen LogP contribution in [0.15, 0.2) is 12.1 Å². The summed E-state index contributed by atoms with van der Waals surface area (Å²) >= 11 is 0. The summed E-state index contributed by atoms with van der Waals surface area (Å²) in [5.41, 5.74) is 0.890. The number of aromatic nitrogens is 2. The van der Waals surface area contributed by atoms with Gasteiger partial charge < -0.3 is 9.64 Å².